The van der Waals surface area contributed by atoms with Crippen LogP contribution in [0.1, 0.15) is 29.8 Å². The van der Waals surface area contributed by atoms with E-state index in [0.29, 0.717) is 11.3 Å². The van der Waals surface area contributed by atoms with Gasteiger partial charge >= 0.3 is 5.97 Å². The fraction of sp³-hybridized carbons (Fsp3) is 0.333. The van der Waals surface area contributed by atoms with Crippen LogP contribution in [0, 0.1) is 6.92 Å². The Kier molecular flexibility index (Phi) is 7.91. The van der Waals surface area contributed by atoms with Crippen molar-refractivity contribution in [3.63, 3.8) is 0 Å². The minimum atomic E-state index is -3.88. The zero-order valence-electron chi connectivity index (χ0n) is 17.9. The molecule has 0 bridgehead atoms. The van der Waals surface area contributed by atoms with Gasteiger partial charge in [-0.25, -0.2) is 13.2 Å². The third-order valence-electron chi connectivity index (χ3n) is 4.47. The van der Waals surface area contributed by atoms with E-state index in [1.165, 1.54) is 32.2 Å². The van der Waals surface area contributed by atoms with Crippen molar-refractivity contribution in [1.82, 2.24) is 0 Å². The lowest BCUT2D eigenvalue weighted by molar-refractivity contribution is -0.116. The Morgan fingerprint density at radius 2 is 1.87 bits per heavy atom. The van der Waals surface area contributed by atoms with Crippen molar-refractivity contribution in [2.24, 2.45) is 0 Å². The second-order valence-corrected chi connectivity index (χ2v) is 9.09. The van der Waals surface area contributed by atoms with Crippen molar-refractivity contribution in [2.75, 3.05) is 29.6 Å². The number of sulfonamides is 1. The molecule has 2 rings (SSSR count). The van der Waals surface area contributed by atoms with E-state index in [1.807, 2.05) is 0 Å². The molecule has 0 aromatic heterocycles. The van der Waals surface area contributed by atoms with Crippen LogP contribution in [-0.2, 0) is 19.6 Å². The van der Waals surface area contributed by atoms with Gasteiger partial charge in [-0.15, -0.1) is 0 Å². The van der Waals surface area contributed by atoms with Gasteiger partial charge in [0.2, 0.25) is 15.9 Å². The summed E-state index contributed by atoms with van der Waals surface area (Å²) < 4.78 is 36.3. The number of rotatable bonds is 8. The summed E-state index contributed by atoms with van der Waals surface area (Å²) in [6.07, 6.45) is 0.990. The summed E-state index contributed by atoms with van der Waals surface area (Å²) >= 11 is 6.05. The summed E-state index contributed by atoms with van der Waals surface area (Å²) in [5, 5.41) is 2.98. The number of hydrogen-bond acceptors (Lipinski definition) is 6. The maximum atomic E-state index is 13.0. The molecule has 0 spiro atoms. The minimum absolute atomic E-state index is 0.136. The topological polar surface area (TPSA) is 102 Å². The number of ether oxygens (including phenoxy) is 2. The van der Waals surface area contributed by atoms with Gasteiger partial charge in [-0.1, -0.05) is 17.7 Å². The van der Waals surface area contributed by atoms with Gasteiger partial charge in [-0.3, -0.25) is 9.10 Å². The Bertz CT molecular complexity index is 1090. The molecule has 2 aromatic rings. The van der Waals surface area contributed by atoms with Gasteiger partial charge in [0.1, 0.15) is 11.8 Å². The quantitative estimate of drug-likeness (QED) is 0.593. The molecule has 0 aliphatic carbocycles. The average molecular weight is 469 g/mol. The van der Waals surface area contributed by atoms with Gasteiger partial charge < -0.3 is 14.8 Å². The molecule has 8 nitrogen and oxygen atoms in total. The fourth-order valence-electron chi connectivity index (χ4n) is 2.95. The number of hydrogen-bond donors (Lipinski definition) is 1. The molecule has 0 saturated heterocycles. The van der Waals surface area contributed by atoms with E-state index >= 15 is 0 Å². The predicted molar refractivity (Wildman–Crippen MR) is 121 cm³/mol. The van der Waals surface area contributed by atoms with E-state index in [1.54, 1.807) is 32.0 Å². The monoisotopic (exact) mass is 468 g/mol. The summed E-state index contributed by atoms with van der Waals surface area (Å²) in [5.74, 6) is -0.876. The van der Waals surface area contributed by atoms with Crippen molar-refractivity contribution < 1.29 is 27.5 Å². The minimum Gasteiger partial charge on any atom is -0.495 e. The molecule has 1 unspecified atom stereocenters. The van der Waals surface area contributed by atoms with Gasteiger partial charge in [0.05, 0.1) is 31.2 Å². The Hall–Kier alpha value is -2.78. The number of aryl methyl sites for hydroxylation is 1. The van der Waals surface area contributed by atoms with Crippen molar-refractivity contribution in [3.05, 3.63) is 52.5 Å². The number of carbonyl (C=O) groups is 2. The lowest BCUT2D eigenvalue weighted by Crippen LogP contribution is -2.45. The molecule has 0 radical (unpaired) electrons. The van der Waals surface area contributed by atoms with E-state index in [4.69, 9.17) is 21.1 Å². The van der Waals surface area contributed by atoms with Gasteiger partial charge in [-0.05, 0) is 56.7 Å². The van der Waals surface area contributed by atoms with Crippen molar-refractivity contribution in [2.45, 2.75) is 26.8 Å². The van der Waals surface area contributed by atoms with Crippen LogP contribution in [0.15, 0.2) is 36.4 Å². The molecule has 0 saturated carbocycles. The van der Waals surface area contributed by atoms with Crippen LogP contribution in [0.3, 0.4) is 0 Å². The van der Waals surface area contributed by atoms with Crippen molar-refractivity contribution in [3.8, 4) is 5.75 Å². The van der Waals surface area contributed by atoms with Crippen LogP contribution in [0.25, 0.3) is 0 Å². The fourth-order valence-corrected chi connectivity index (χ4v) is 4.29. The maximum Gasteiger partial charge on any atom is 0.338 e. The smallest absolute Gasteiger partial charge is 0.338 e. The molecule has 168 valence electrons. The largest absolute Gasteiger partial charge is 0.495 e. The number of benzene rings is 2. The molecule has 10 heteroatoms. The summed E-state index contributed by atoms with van der Waals surface area (Å²) in [6, 6.07) is 8.09. The van der Waals surface area contributed by atoms with E-state index < -0.39 is 27.9 Å². The number of esters is 1. The Morgan fingerprint density at radius 3 is 2.45 bits per heavy atom. The van der Waals surface area contributed by atoms with Crippen LogP contribution < -0.4 is 14.4 Å². The Balaban J connectivity index is 2.41. The summed E-state index contributed by atoms with van der Waals surface area (Å²) in [7, 11) is -2.49. The first-order chi connectivity index (χ1) is 14.5. The van der Waals surface area contributed by atoms with Crippen molar-refractivity contribution in [1.29, 1.82) is 0 Å². The second kappa shape index (κ2) is 10.0. The molecule has 0 aliphatic heterocycles. The lowest BCUT2D eigenvalue weighted by Gasteiger charge is -2.29. The highest BCUT2D eigenvalue weighted by atomic mass is 35.5. The van der Waals surface area contributed by atoms with E-state index in [-0.39, 0.29) is 28.6 Å². The highest BCUT2D eigenvalue weighted by Gasteiger charge is 2.31. The molecule has 2 aromatic carbocycles. The Labute approximate surface area is 187 Å². The molecule has 0 aliphatic rings. The third kappa shape index (κ3) is 5.89. The van der Waals surface area contributed by atoms with Crippen LogP contribution in [0.2, 0.25) is 5.02 Å². The molecule has 1 amide bonds. The van der Waals surface area contributed by atoms with E-state index in [2.05, 4.69) is 5.32 Å². The molecule has 1 atom stereocenters. The third-order valence-corrected chi connectivity index (χ3v) is 5.94. The molecule has 1 N–H and O–H groups in total. The van der Waals surface area contributed by atoms with Gasteiger partial charge in [-0.2, -0.15) is 0 Å². The van der Waals surface area contributed by atoms with E-state index in [9.17, 15) is 18.0 Å². The summed E-state index contributed by atoms with van der Waals surface area (Å²) in [4.78, 5) is 25.0. The Morgan fingerprint density at radius 1 is 1.19 bits per heavy atom. The van der Waals surface area contributed by atoms with Crippen LogP contribution in [0.4, 0.5) is 11.4 Å². The van der Waals surface area contributed by atoms with Crippen LogP contribution >= 0.6 is 11.6 Å². The lowest BCUT2D eigenvalue weighted by atomic mass is 10.1. The second-order valence-electron chi connectivity index (χ2n) is 6.79. The molecular formula is C21H25ClN2O6S. The number of halogens is 1. The molecule has 31 heavy (non-hydrogen) atoms. The molecular weight excluding hydrogens is 444 g/mol. The SMILES string of the molecule is CCOC(=O)c1ccc(C)c(NC(=O)C(C)N(c2cc(Cl)ccc2OC)S(C)(=O)=O)c1. The van der Waals surface area contributed by atoms with Crippen LogP contribution in [-0.4, -0.2) is 46.3 Å². The number of anilines is 2. The number of nitrogens with one attached hydrogen (secondary N) is 1. The van der Waals surface area contributed by atoms with Gasteiger partial charge in [0.15, 0.2) is 0 Å². The zero-order valence-corrected chi connectivity index (χ0v) is 19.5. The number of carbonyl (C=O) groups excluding carboxylic acids is 2. The first-order valence-corrected chi connectivity index (χ1v) is 11.6. The first-order valence-electron chi connectivity index (χ1n) is 9.41. The first kappa shape index (κ1) is 24.5. The number of methoxy groups -OCH3 is 1. The maximum absolute atomic E-state index is 13.0. The average Bonchev–Trinajstić information content (AvgIpc) is 2.69. The van der Waals surface area contributed by atoms with Crippen LogP contribution in [0.5, 0.6) is 5.75 Å². The number of nitrogens with zero attached hydrogens (tertiary/aromatic N) is 1. The van der Waals surface area contributed by atoms with Gasteiger partial charge in [0.25, 0.3) is 0 Å². The van der Waals surface area contributed by atoms with E-state index in [0.717, 1.165) is 10.6 Å². The van der Waals surface area contributed by atoms with Crippen molar-refractivity contribution >= 4 is 44.9 Å². The molecule has 0 heterocycles. The molecule has 0 fully saturated rings. The highest BCUT2D eigenvalue weighted by molar-refractivity contribution is 7.92. The standard InChI is InChI=1S/C21H25ClN2O6S/c1-6-30-21(26)15-8-7-13(2)17(11-15)23-20(25)14(3)24(31(5,27)28)18-12-16(22)9-10-19(18)29-4/h7-12,14H,6H2,1-5H3,(H,23,25). The predicted octanol–water partition coefficient (Wildman–Crippen LogP) is 3.63. The summed E-state index contributed by atoms with van der Waals surface area (Å²) in [6.45, 7) is 5.11. The highest BCUT2D eigenvalue weighted by Crippen LogP contribution is 2.34. The summed E-state index contributed by atoms with van der Waals surface area (Å²) in [5.41, 5.74) is 1.47. The van der Waals surface area contributed by atoms with Gasteiger partial charge in [0, 0.05) is 10.7 Å². The number of amides is 1. The zero-order chi connectivity index (χ0) is 23.3. The normalized spacial score (nSPS) is 12.1.